The maximum atomic E-state index is 11.3. The Labute approximate surface area is 141 Å². The number of hydrogen-bond donors (Lipinski definition) is 1. The number of carbonyl (C=O) groups excluding carboxylic acids is 1. The lowest BCUT2D eigenvalue weighted by atomic mass is 10.1. The third-order valence-electron chi connectivity index (χ3n) is 3.85. The van der Waals surface area contributed by atoms with Crippen LogP contribution in [0.4, 0.5) is 5.82 Å². The molecule has 1 aromatic carbocycles. The van der Waals surface area contributed by atoms with E-state index in [9.17, 15) is 4.79 Å². The van der Waals surface area contributed by atoms with Gasteiger partial charge in [-0.2, -0.15) is 10.2 Å². The summed E-state index contributed by atoms with van der Waals surface area (Å²) in [4.78, 5) is 11.3. The van der Waals surface area contributed by atoms with Crippen molar-refractivity contribution in [2.24, 2.45) is 0 Å². The molecule has 0 unspecified atom stereocenters. The van der Waals surface area contributed by atoms with Crippen molar-refractivity contribution in [3.63, 3.8) is 0 Å². The molecular weight excluding hydrogens is 358 g/mol. The third-order valence-corrected chi connectivity index (χ3v) is 4.52. The van der Waals surface area contributed by atoms with Crippen LogP contribution in [0.5, 0.6) is 0 Å². The Balaban J connectivity index is 1.87. The summed E-state index contributed by atoms with van der Waals surface area (Å²) in [6.45, 7) is 2.26. The highest BCUT2D eigenvalue weighted by atomic mass is 79.9. The first-order chi connectivity index (χ1) is 11.1. The predicted octanol–water partition coefficient (Wildman–Crippen LogP) is 3.01. The lowest BCUT2D eigenvalue weighted by Gasteiger charge is -2.16. The average Bonchev–Trinajstić information content (AvgIpc) is 3.09. The minimum Gasteiger partial charge on any atom is -0.309 e. The number of fused-ring (bicyclic) bond motifs is 3. The third kappa shape index (κ3) is 2.37. The quantitative estimate of drug-likeness (QED) is 0.752. The number of benzene rings is 1. The van der Waals surface area contributed by atoms with Crippen LogP contribution in [-0.4, -0.2) is 25.5 Å². The number of carbonyl (C=O) groups is 1. The van der Waals surface area contributed by atoms with Crippen molar-refractivity contribution >= 4 is 27.7 Å². The molecule has 0 radical (unpaired) electrons. The molecule has 3 heterocycles. The van der Waals surface area contributed by atoms with Crippen molar-refractivity contribution in [3.05, 3.63) is 46.6 Å². The summed E-state index contributed by atoms with van der Waals surface area (Å²) < 4.78 is 4.82. The molecular formula is C16H14BrN5O. The monoisotopic (exact) mass is 371 g/mol. The van der Waals surface area contributed by atoms with Crippen LogP contribution in [-0.2, 0) is 17.8 Å². The Morgan fingerprint density at radius 1 is 1.35 bits per heavy atom. The molecule has 0 aliphatic carbocycles. The van der Waals surface area contributed by atoms with E-state index in [0.29, 0.717) is 5.82 Å². The number of halogens is 1. The molecule has 3 aromatic rings. The fraction of sp³-hybridized carbons (Fsp3) is 0.188. The summed E-state index contributed by atoms with van der Waals surface area (Å²) in [5, 5.41) is 11.8. The summed E-state index contributed by atoms with van der Waals surface area (Å²) in [5.41, 5.74) is 4.14. The Hall–Kier alpha value is -2.41. The topological polar surface area (TPSA) is 64.7 Å². The molecule has 116 valence electrons. The largest absolute Gasteiger partial charge is 0.309 e. The fourth-order valence-corrected chi connectivity index (χ4v) is 3.34. The van der Waals surface area contributed by atoms with Gasteiger partial charge in [0.25, 0.3) is 0 Å². The van der Waals surface area contributed by atoms with E-state index in [1.54, 1.807) is 0 Å². The highest BCUT2D eigenvalue weighted by molar-refractivity contribution is 9.10. The van der Waals surface area contributed by atoms with Gasteiger partial charge in [0.05, 0.1) is 23.3 Å². The standard InChI is InChI=1S/C16H14BrN5O/c1-10(23)19-15-8-14-16-11(6-7-21(14)20-15)9-18-22(16)13-5-3-2-4-12(13)17/h2-5,8-9H,6-7H2,1H3,(H,19,20,23). The highest BCUT2D eigenvalue weighted by Crippen LogP contribution is 2.34. The number of para-hydroxylation sites is 1. The molecule has 1 aliphatic rings. The first-order valence-corrected chi connectivity index (χ1v) is 8.10. The molecule has 6 nitrogen and oxygen atoms in total. The van der Waals surface area contributed by atoms with Crippen LogP contribution in [0.3, 0.4) is 0 Å². The molecule has 23 heavy (non-hydrogen) atoms. The van der Waals surface area contributed by atoms with Crippen molar-refractivity contribution in [2.45, 2.75) is 19.9 Å². The van der Waals surface area contributed by atoms with Crippen molar-refractivity contribution in [1.29, 1.82) is 0 Å². The maximum absolute atomic E-state index is 11.3. The van der Waals surface area contributed by atoms with Crippen molar-refractivity contribution in [3.8, 4) is 17.1 Å². The Kier molecular flexibility index (Phi) is 3.30. The summed E-state index contributed by atoms with van der Waals surface area (Å²) in [5.74, 6) is 0.445. The molecule has 0 fully saturated rings. The Morgan fingerprint density at radius 3 is 2.96 bits per heavy atom. The number of nitrogens with zero attached hydrogens (tertiary/aromatic N) is 4. The van der Waals surface area contributed by atoms with Crippen molar-refractivity contribution in [1.82, 2.24) is 19.6 Å². The molecule has 4 rings (SSSR count). The van der Waals surface area contributed by atoms with Crippen LogP contribution in [0, 0.1) is 0 Å². The zero-order valence-electron chi connectivity index (χ0n) is 12.5. The first-order valence-electron chi connectivity index (χ1n) is 7.31. The SMILES string of the molecule is CC(=O)Nc1cc2n(n1)CCc1cnn(-c3ccccc3Br)c1-2. The van der Waals surface area contributed by atoms with Gasteiger partial charge in [-0.05, 0) is 34.5 Å². The predicted molar refractivity (Wildman–Crippen MR) is 90.5 cm³/mol. The smallest absolute Gasteiger partial charge is 0.222 e. The molecule has 0 saturated heterocycles. The minimum atomic E-state index is -0.125. The van der Waals surface area contributed by atoms with E-state index >= 15 is 0 Å². The van der Waals surface area contributed by atoms with Gasteiger partial charge in [0.15, 0.2) is 5.82 Å². The Bertz CT molecular complexity index is 911. The highest BCUT2D eigenvalue weighted by Gasteiger charge is 2.24. The summed E-state index contributed by atoms with van der Waals surface area (Å²) in [6.07, 6.45) is 2.78. The first kappa shape index (κ1) is 14.2. The van der Waals surface area contributed by atoms with Gasteiger partial charge in [0.1, 0.15) is 0 Å². The second-order valence-corrected chi connectivity index (χ2v) is 6.31. The van der Waals surface area contributed by atoms with Crippen LogP contribution in [0.2, 0.25) is 0 Å². The van der Waals surface area contributed by atoms with Gasteiger partial charge in [0.2, 0.25) is 5.91 Å². The van der Waals surface area contributed by atoms with Crippen LogP contribution < -0.4 is 5.32 Å². The molecule has 1 aliphatic heterocycles. The molecule has 0 atom stereocenters. The number of rotatable bonds is 2. The summed E-state index contributed by atoms with van der Waals surface area (Å²) >= 11 is 3.58. The number of aryl methyl sites for hydroxylation is 2. The molecule has 7 heteroatoms. The zero-order chi connectivity index (χ0) is 16.0. The van der Waals surface area contributed by atoms with Gasteiger partial charge in [-0.25, -0.2) is 4.68 Å². The fourth-order valence-electron chi connectivity index (χ4n) is 2.89. The second kappa shape index (κ2) is 5.34. The van der Waals surface area contributed by atoms with Crippen molar-refractivity contribution < 1.29 is 4.79 Å². The number of nitrogens with one attached hydrogen (secondary N) is 1. The van der Waals surface area contributed by atoms with Crippen LogP contribution in [0.15, 0.2) is 41.0 Å². The normalized spacial score (nSPS) is 12.6. The molecule has 0 saturated carbocycles. The van der Waals surface area contributed by atoms with Gasteiger partial charge < -0.3 is 5.32 Å². The maximum Gasteiger partial charge on any atom is 0.222 e. The van der Waals surface area contributed by atoms with Gasteiger partial charge in [-0.15, -0.1) is 0 Å². The lowest BCUT2D eigenvalue weighted by molar-refractivity contribution is -0.114. The van der Waals surface area contributed by atoms with E-state index in [0.717, 1.165) is 34.5 Å². The van der Waals surface area contributed by atoms with E-state index in [-0.39, 0.29) is 5.91 Å². The average molecular weight is 372 g/mol. The second-order valence-electron chi connectivity index (χ2n) is 5.45. The lowest BCUT2D eigenvalue weighted by Crippen LogP contribution is -2.14. The number of amides is 1. The zero-order valence-corrected chi connectivity index (χ0v) is 14.0. The minimum absolute atomic E-state index is 0.125. The molecule has 1 N–H and O–H groups in total. The van der Waals surface area contributed by atoms with Crippen LogP contribution >= 0.6 is 15.9 Å². The Morgan fingerprint density at radius 2 is 2.17 bits per heavy atom. The molecule has 0 spiro atoms. The van der Waals surface area contributed by atoms with Gasteiger partial charge in [0, 0.05) is 29.6 Å². The molecule has 1 amide bonds. The van der Waals surface area contributed by atoms with Crippen LogP contribution in [0.1, 0.15) is 12.5 Å². The van der Waals surface area contributed by atoms with Crippen LogP contribution in [0.25, 0.3) is 17.1 Å². The van der Waals surface area contributed by atoms with E-state index in [4.69, 9.17) is 0 Å². The van der Waals surface area contributed by atoms with Crippen molar-refractivity contribution in [2.75, 3.05) is 5.32 Å². The number of aromatic nitrogens is 4. The number of hydrogen-bond acceptors (Lipinski definition) is 3. The van der Waals surface area contributed by atoms with Gasteiger partial charge in [-0.3, -0.25) is 9.48 Å². The van der Waals surface area contributed by atoms with Gasteiger partial charge in [-0.1, -0.05) is 12.1 Å². The molecule has 2 aromatic heterocycles. The number of anilines is 1. The van der Waals surface area contributed by atoms with Gasteiger partial charge >= 0.3 is 0 Å². The van der Waals surface area contributed by atoms with E-state index in [1.165, 1.54) is 12.5 Å². The molecule has 0 bridgehead atoms. The van der Waals surface area contributed by atoms with E-state index in [1.807, 2.05) is 45.9 Å². The van der Waals surface area contributed by atoms with E-state index < -0.39 is 0 Å². The van der Waals surface area contributed by atoms with E-state index in [2.05, 4.69) is 31.4 Å². The summed E-state index contributed by atoms with van der Waals surface area (Å²) in [7, 11) is 0. The summed E-state index contributed by atoms with van der Waals surface area (Å²) in [6, 6.07) is 9.86.